The SMILES string of the molecule is Ic1cccc(NC2CCOC3(CCCCC3)C2)c1. The average Bonchev–Trinajstić information content (AvgIpc) is 2.40. The fraction of sp³-hybridized carbons (Fsp3) is 0.625. The Morgan fingerprint density at radius 1 is 1.21 bits per heavy atom. The van der Waals surface area contributed by atoms with E-state index in [4.69, 9.17) is 4.74 Å². The average molecular weight is 371 g/mol. The molecule has 1 atom stereocenters. The zero-order chi connectivity index (χ0) is 13.1. The summed E-state index contributed by atoms with van der Waals surface area (Å²) in [5.41, 5.74) is 1.44. The second-order valence-corrected chi connectivity index (χ2v) is 7.18. The highest BCUT2D eigenvalue weighted by atomic mass is 127. The van der Waals surface area contributed by atoms with Crippen molar-refractivity contribution < 1.29 is 4.74 Å². The van der Waals surface area contributed by atoms with Crippen molar-refractivity contribution in [1.29, 1.82) is 0 Å². The van der Waals surface area contributed by atoms with Gasteiger partial charge >= 0.3 is 0 Å². The predicted molar refractivity (Wildman–Crippen MR) is 87.6 cm³/mol. The van der Waals surface area contributed by atoms with Gasteiger partial charge in [-0.3, -0.25) is 0 Å². The van der Waals surface area contributed by atoms with Gasteiger partial charge in [0, 0.05) is 21.9 Å². The van der Waals surface area contributed by atoms with Gasteiger partial charge in [-0.15, -0.1) is 0 Å². The Kier molecular flexibility index (Phi) is 4.32. The van der Waals surface area contributed by atoms with E-state index in [2.05, 4.69) is 52.2 Å². The van der Waals surface area contributed by atoms with E-state index < -0.39 is 0 Å². The van der Waals surface area contributed by atoms with E-state index in [9.17, 15) is 0 Å². The number of nitrogens with one attached hydrogen (secondary N) is 1. The maximum atomic E-state index is 6.16. The van der Waals surface area contributed by atoms with Crippen LogP contribution in [0.5, 0.6) is 0 Å². The fourth-order valence-electron chi connectivity index (χ4n) is 3.51. The van der Waals surface area contributed by atoms with Gasteiger partial charge in [-0.25, -0.2) is 0 Å². The summed E-state index contributed by atoms with van der Waals surface area (Å²) in [4.78, 5) is 0. The lowest BCUT2D eigenvalue weighted by Gasteiger charge is -2.44. The first-order valence-corrected chi connectivity index (χ1v) is 8.50. The minimum Gasteiger partial charge on any atom is -0.382 e. The number of ether oxygens (including phenoxy) is 1. The van der Waals surface area contributed by atoms with Crippen LogP contribution in [0.25, 0.3) is 0 Å². The Morgan fingerprint density at radius 2 is 2.05 bits per heavy atom. The lowest BCUT2D eigenvalue weighted by atomic mass is 9.78. The topological polar surface area (TPSA) is 21.3 Å². The lowest BCUT2D eigenvalue weighted by molar-refractivity contribution is -0.103. The van der Waals surface area contributed by atoms with Gasteiger partial charge in [0.05, 0.1) is 5.60 Å². The normalized spacial score (nSPS) is 26.3. The zero-order valence-corrected chi connectivity index (χ0v) is 13.5. The van der Waals surface area contributed by atoms with E-state index in [0.29, 0.717) is 6.04 Å². The number of anilines is 1. The van der Waals surface area contributed by atoms with Gasteiger partial charge in [-0.05, 0) is 66.5 Å². The minimum atomic E-state index is 0.191. The molecule has 3 heteroatoms. The van der Waals surface area contributed by atoms with Crippen LogP contribution in [0.2, 0.25) is 0 Å². The summed E-state index contributed by atoms with van der Waals surface area (Å²) in [6, 6.07) is 9.23. The maximum absolute atomic E-state index is 6.16. The molecule has 0 aromatic heterocycles. The first-order chi connectivity index (χ1) is 9.26. The van der Waals surface area contributed by atoms with Crippen molar-refractivity contribution in [1.82, 2.24) is 0 Å². The molecular formula is C16H22INO. The minimum absolute atomic E-state index is 0.191. The summed E-state index contributed by atoms with van der Waals surface area (Å²) >= 11 is 2.37. The van der Waals surface area contributed by atoms with Crippen molar-refractivity contribution in [2.45, 2.75) is 56.6 Å². The third-order valence-corrected chi connectivity index (χ3v) is 5.12. The lowest BCUT2D eigenvalue weighted by Crippen LogP contribution is -2.45. The van der Waals surface area contributed by atoms with Crippen LogP contribution in [-0.2, 0) is 4.74 Å². The van der Waals surface area contributed by atoms with Crippen LogP contribution in [-0.4, -0.2) is 18.2 Å². The van der Waals surface area contributed by atoms with Crippen molar-refractivity contribution in [3.63, 3.8) is 0 Å². The van der Waals surface area contributed by atoms with E-state index in [1.165, 1.54) is 47.8 Å². The smallest absolute Gasteiger partial charge is 0.0702 e. The Hall–Kier alpha value is -0.290. The third kappa shape index (κ3) is 3.43. The first kappa shape index (κ1) is 13.7. The van der Waals surface area contributed by atoms with E-state index in [0.717, 1.165) is 13.0 Å². The first-order valence-electron chi connectivity index (χ1n) is 7.42. The number of hydrogen-bond acceptors (Lipinski definition) is 2. The molecule has 0 amide bonds. The molecule has 1 spiro atoms. The van der Waals surface area contributed by atoms with Gasteiger partial charge in [-0.2, -0.15) is 0 Å². The van der Waals surface area contributed by atoms with Crippen LogP contribution < -0.4 is 5.32 Å². The van der Waals surface area contributed by atoms with Crippen LogP contribution in [0.1, 0.15) is 44.9 Å². The number of halogens is 1. The summed E-state index contributed by atoms with van der Waals surface area (Å²) in [5, 5.41) is 3.71. The van der Waals surface area contributed by atoms with Gasteiger partial charge in [0.1, 0.15) is 0 Å². The quantitative estimate of drug-likeness (QED) is 0.769. The van der Waals surface area contributed by atoms with Crippen molar-refractivity contribution in [2.75, 3.05) is 11.9 Å². The van der Waals surface area contributed by atoms with Crippen LogP contribution in [0.15, 0.2) is 24.3 Å². The molecule has 2 aliphatic rings. The summed E-state index contributed by atoms with van der Waals surface area (Å²) in [5.74, 6) is 0. The molecule has 1 aliphatic carbocycles. The molecule has 1 heterocycles. The Balaban J connectivity index is 1.65. The standard InChI is InChI=1S/C16H22INO/c17-13-5-4-6-14(11-13)18-15-7-10-19-16(12-15)8-2-1-3-9-16/h4-6,11,15,18H,1-3,7-10,12H2. The van der Waals surface area contributed by atoms with E-state index in [1.807, 2.05) is 0 Å². The second kappa shape index (κ2) is 6.00. The molecule has 1 aromatic carbocycles. The zero-order valence-electron chi connectivity index (χ0n) is 11.3. The highest BCUT2D eigenvalue weighted by molar-refractivity contribution is 14.1. The molecule has 1 unspecified atom stereocenters. The fourth-order valence-corrected chi connectivity index (χ4v) is 4.05. The number of rotatable bonds is 2. The van der Waals surface area contributed by atoms with Gasteiger partial charge < -0.3 is 10.1 Å². The van der Waals surface area contributed by atoms with E-state index in [1.54, 1.807) is 0 Å². The molecular weight excluding hydrogens is 349 g/mol. The molecule has 1 saturated carbocycles. The van der Waals surface area contributed by atoms with Crippen molar-refractivity contribution in [3.8, 4) is 0 Å². The monoisotopic (exact) mass is 371 g/mol. The number of benzene rings is 1. The van der Waals surface area contributed by atoms with E-state index in [-0.39, 0.29) is 5.60 Å². The molecule has 1 saturated heterocycles. The molecule has 19 heavy (non-hydrogen) atoms. The van der Waals surface area contributed by atoms with Gasteiger partial charge in [0.2, 0.25) is 0 Å². The molecule has 2 nitrogen and oxygen atoms in total. The highest BCUT2D eigenvalue weighted by Crippen LogP contribution is 2.39. The molecule has 0 radical (unpaired) electrons. The van der Waals surface area contributed by atoms with Crippen LogP contribution >= 0.6 is 22.6 Å². The van der Waals surface area contributed by atoms with Crippen LogP contribution in [0.4, 0.5) is 5.69 Å². The Morgan fingerprint density at radius 3 is 2.84 bits per heavy atom. The van der Waals surface area contributed by atoms with Gasteiger partial charge in [0.15, 0.2) is 0 Å². The second-order valence-electron chi connectivity index (χ2n) is 5.94. The van der Waals surface area contributed by atoms with Crippen LogP contribution in [0.3, 0.4) is 0 Å². The van der Waals surface area contributed by atoms with Crippen molar-refractivity contribution in [3.05, 3.63) is 27.8 Å². The largest absolute Gasteiger partial charge is 0.382 e. The summed E-state index contributed by atoms with van der Waals surface area (Å²) < 4.78 is 7.45. The summed E-state index contributed by atoms with van der Waals surface area (Å²) in [6.07, 6.45) is 8.91. The Labute approximate surface area is 129 Å². The van der Waals surface area contributed by atoms with Gasteiger partial charge in [0.25, 0.3) is 0 Å². The summed E-state index contributed by atoms with van der Waals surface area (Å²) in [7, 11) is 0. The molecule has 1 aliphatic heterocycles. The van der Waals surface area contributed by atoms with Gasteiger partial charge in [-0.1, -0.05) is 25.3 Å². The molecule has 3 rings (SSSR count). The maximum Gasteiger partial charge on any atom is 0.0702 e. The van der Waals surface area contributed by atoms with Crippen LogP contribution in [0, 0.1) is 3.57 Å². The van der Waals surface area contributed by atoms with Crippen molar-refractivity contribution >= 4 is 28.3 Å². The highest BCUT2D eigenvalue weighted by Gasteiger charge is 2.38. The summed E-state index contributed by atoms with van der Waals surface area (Å²) in [6.45, 7) is 0.918. The predicted octanol–water partition coefficient (Wildman–Crippen LogP) is 4.59. The number of hydrogen-bond donors (Lipinski definition) is 1. The molecule has 1 aromatic rings. The Bertz CT molecular complexity index is 423. The van der Waals surface area contributed by atoms with E-state index >= 15 is 0 Å². The molecule has 104 valence electrons. The molecule has 1 N–H and O–H groups in total. The third-order valence-electron chi connectivity index (χ3n) is 4.45. The molecule has 2 fully saturated rings. The molecule has 0 bridgehead atoms. The van der Waals surface area contributed by atoms with Crippen molar-refractivity contribution in [2.24, 2.45) is 0 Å².